The Morgan fingerprint density at radius 2 is 1.87 bits per heavy atom. The molecule has 4 nitrogen and oxygen atoms in total. The van der Waals surface area contributed by atoms with Crippen molar-refractivity contribution in [2.24, 2.45) is 0 Å². The van der Waals surface area contributed by atoms with E-state index < -0.39 is 10.0 Å². The summed E-state index contributed by atoms with van der Waals surface area (Å²) in [5, 5.41) is 2.95. The van der Waals surface area contributed by atoms with Gasteiger partial charge in [0.25, 0.3) is 0 Å². The summed E-state index contributed by atoms with van der Waals surface area (Å²) in [4.78, 5) is 0. The SMILES string of the molecule is CNCCCS(=O)(=O)NC1(C)CCCC1. The minimum absolute atomic E-state index is 0.182. The summed E-state index contributed by atoms with van der Waals surface area (Å²) in [5.41, 5.74) is -0.182. The summed E-state index contributed by atoms with van der Waals surface area (Å²) in [5.74, 6) is 0.226. The van der Waals surface area contributed by atoms with E-state index >= 15 is 0 Å². The molecule has 1 rings (SSSR count). The van der Waals surface area contributed by atoms with Gasteiger partial charge in [0.05, 0.1) is 5.75 Å². The molecule has 0 unspecified atom stereocenters. The molecule has 1 saturated carbocycles. The second kappa shape index (κ2) is 5.27. The van der Waals surface area contributed by atoms with E-state index in [1.54, 1.807) is 0 Å². The zero-order chi connectivity index (χ0) is 11.4. The first-order chi connectivity index (χ1) is 6.97. The van der Waals surface area contributed by atoms with Gasteiger partial charge in [-0.25, -0.2) is 13.1 Å². The maximum absolute atomic E-state index is 11.7. The lowest BCUT2D eigenvalue weighted by Crippen LogP contribution is -2.44. The molecule has 0 heterocycles. The molecule has 2 N–H and O–H groups in total. The number of rotatable bonds is 6. The van der Waals surface area contributed by atoms with E-state index in [0.29, 0.717) is 6.42 Å². The highest BCUT2D eigenvalue weighted by atomic mass is 32.2. The molecule has 0 radical (unpaired) electrons. The van der Waals surface area contributed by atoms with Gasteiger partial charge in [0.15, 0.2) is 0 Å². The minimum atomic E-state index is -3.09. The highest BCUT2D eigenvalue weighted by molar-refractivity contribution is 7.89. The Morgan fingerprint density at radius 1 is 1.27 bits per heavy atom. The van der Waals surface area contributed by atoms with Crippen molar-refractivity contribution >= 4 is 10.0 Å². The van der Waals surface area contributed by atoms with Gasteiger partial charge in [0, 0.05) is 5.54 Å². The first-order valence-corrected chi connectivity index (χ1v) is 7.29. The third kappa shape index (κ3) is 4.49. The van der Waals surface area contributed by atoms with Crippen LogP contribution in [0.2, 0.25) is 0 Å². The lowest BCUT2D eigenvalue weighted by molar-refractivity contribution is 0.427. The zero-order valence-electron chi connectivity index (χ0n) is 9.67. The Labute approximate surface area is 92.9 Å². The van der Waals surface area contributed by atoms with Crippen LogP contribution in [0.25, 0.3) is 0 Å². The van der Waals surface area contributed by atoms with Crippen molar-refractivity contribution in [3.8, 4) is 0 Å². The van der Waals surface area contributed by atoms with Crippen molar-refractivity contribution in [1.29, 1.82) is 0 Å². The van der Waals surface area contributed by atoms with Gasteiger partial charge in [-0.1, -0.05) is 12.8 Å². The van der Waals surface area contributed by atoms with Crippen LogP contribution in [0.15, 0.2) is 0 Å². The molecule has 1 aliphatic carbocycles. The third-order valence-corrected chi connectivity index (χ3v) is 4.58. The van der Waals surface area contributed by atoms with Crippen LogP contribution in [0, 0.1) is 0 Å². The van der Waals surface area contributed by atoms with Crippen LogP contribution in [-0.2, 0) is 10.0 Å². The van der Waals surface area contributed by atoms with Crippen molar-refractivity contribution in [3.63, 3.8) is 0 Å². The van der Waals surface area contributed by atoms with Crippen LogP contribution < -0.4 is 10.0 Å². The fourth-order valence-electron chi connectivity index (χ4n) is 2.12. The zero-order valence-corrected chi connectivity index (χ0v) is 10.5. The maximum atomic E-state index is 11.7. The summed E-state index contributed by atoms with van der Waals surface area (Å²) >= 11 is 0. The molecule has 15 heavy (non-hydrogen) atoms. The van der Waals surface area contributed by atoms with Crippen LogP contribution in [0.5, 0.6) is 0 Å². The molecule has 0 aliphatic heterocycles. The molecular weight excluding hydrogens is 212 g/mol. The van der Waals surface area contributed by atoms with Crippen molar-refractivity contribution < 1.29 is 8.42 Å². The summed E-state index contributed by atoms with van der Waals surface area (Å²) in [6, 6.07) is 0. The fraction of sp³-hybridized carbons (Fsp3) is 1.00. The van der Waals surface area contributed by atoms with E-state index in [2.05, 4.69) is 10.0 Å². The van der Waals surface area contributed by atoms with Crippen molar-refractivity contribution in [3.05, 3.63) is 0 Å². The first kappa shape index (κ1) is 12.9. The molecule has 1 fully saturated rings. The second-order valence-electron chi connectivity index (χ2n) is 4.65. The lowest BCUT2D eigenvalue weighted by Gasteiger charge is -2.24. The molecule has 0 amide bonds. The van der Waals surface area contributed by atoms with E-state index in [9.17, 15) is 8.42 Å². The van der Waals surface area contributed by atoms with Crippen LogP contribution in [-0.4, -0.2) is 33.3 Å². The van der Waals surface area contributed by atoms with Crippen molar-refractivity contribution in [1.82, 2.24) is 10.0 Å². The van der Waals surface area contributed by atoms with Gasteiger partial charge < -0.3 is 5.32 Å². The number of sulfonamides is 1. The Balaban J connectivity index is 2.41. The average molecular weight is 234 g/mol. The van der Waals surface area contributed by atoms with Crippen LogP contribution in [0.1, 0.15) is 39.0 Å². The van der Waals surface area contributed by atoms with Crippen molar-refractivity contribution in [2.75, 3.05) is 19.3 Å². The molecule has 0 atom stereocenters. The standard InChI is InChI=1S/C10H22N2O2S/c1-10(6-3-4-7-10)12-15(13,14)9-5-8-11-2/h11-12H,3-9H2,1-2H3. The molecule has 0 saturated heterocycles. The highest BCUT2D eigenvalue weighted by Gasteiger charge is 2.32. The van der Waals surface area contributed by atoms with Gasteiger partial charge in [0.1, 0.15) is 0 Å². The molecule has 90 valence electrons. The fourth-order valence-corrected chi connectivity index (χ4v) is 3.70. The summed E-state index contributed by atoms with van der Waals surface area (Å²) < 4.78 is 26.3. The molecule has 0 spiro atoms. The molecule has 1 aliphatic rings. The Morgan fingerprint density at radius 3 is 2.40 bits per heavy atom. The van der Waals surface area contributed by atoms with E-state index in [0.717, 1.165) is 32.2 Å². The maximum Gasteiger partial charge on any atom is 0.212 e. The van der Waals surface area contributed by atoms with E-state index in [-0.39, 0.29) is 11.3 Å². The average Bonchev–Trinajstić information content (AvgIpc) is 2.50. The molecule has 5 heteroatoms. The predicted octanol–water partition coefficient (Wildman–Crippen LogP) is 0.848. The van der Waals surface area contributed by atoms with Crippen LogP contribution >= 0.6 is 0 Å². The topological polar surface area (TPSA) is 58.2 Å². The Bertz CT molecular complexity index is 282. The number of hydrogen-bond acceptors (Lipinski definition) is 3. The summed E-state index contributed by atoms with van der Waals surface area (Å²) in [7, 11) is -1.25. The van der Waals surface area contributed by atoms with Crippen molar-refractivity contribution in [2.45, 2.75) is 44.6 Å². The van der Waals surface area contributed by atoms with Gasteiger partial charge in [-0.15, -0.1) is 0 Å². The monoisotopic (exact) mass is 234 g/mol. The second-order valence-corrected chi connectivity index (χ2v) is 6.49. The lowest BCUT2D eigenvalue weighted by atomic mass is 10.0. The quantitative estimate of drug-likeness (QED) is 0.670. The highest BCUT2D eigenvalue weighted by Crippen LogP contribution is 2.29. The smallest absolute Gasteiger partial charge is 0.212 e. The largest absolute Gasteiger partial charge is 0.320 e. The van der Waals surface area contributed by atoms with E-state index in [4.69, 9.17) is 0 Å². The molecule has 0 aromatic carbocycles. The predicted molar refractivity (Wildman–Crippen MR) is 62.3 cm³/mol. The van der Waals surface area contributed by atoms with Gasteiger partial charge in [-0.3, -0.25) is 0 Å². The first-order valence-electron chi connectivity index (χ1n) is 5.64. The van der Waals surface area contributed by atoms with Crippen LogP contribution in [0.3, 0.4) is 0 Å². The van der Waals surface area contributed by atoms with E-state index in [1.165, 1.54) is 0 Å². The van der Waals surface area contributed by atoms with Gasteiger partial charge >= 0.3 is 0 Å². The number of hydrogen-bond donors (Lipinski definition) is 2. The van der Waals surface area contributed by atoms with Crippen LogP contribution in [0.4, 0.5) is 0 Å². The minimum Gasteiger partial charge on any atom is -0.320 e. The Hall–Kier alpha value is -0.130. The van der Waals surface area contributed by atoms with Gasteiger partial charge in [-0.05, 0) is 39.8 Å². The van der Waals surface area contributed by atoms with Gasteiger partial charge in [-0.2, -0.15) is 0 Å². The van der Waals surface area contributed by atoms with E-state index in [1.807, 2.05) is 14.0 Å². The normalized spacial score (nSPS) is 20.7. The summed E-state index contributed by atoms with van der Waals surface area (Å²) in [6.45, 7) is 2.76. The number of nitrogens with one attached hydrogen (secondary N) is 2. The molecule has 0 aromatic rings. The third-order valence-electron chi connectivity index (χ3n) is 2.95. The van der Waals surface area contributed by atoms with Gasteiger partial charge in [0.2, 0.25) is 10.0 Å². The molecular formula is C10H22N2O2S. The molecule has 0 bridgehead atoms. The summed E-state index contributed by atoms with van der Waals surface area (Å²) in [6.07, 6.45) is 4.88. The Kier molecular flexibility index (Phi) is 4.55. The molecule has 0 aromatic heterocycles.